The zero-order chi connectivity index (χ0) is 8.27. The molecule has 0 saturated carbocycles. The number of aryl methyl sites for hydroxylation is 1. The summed E-state index contributed by atoms with van der Waals surface area (Å²) in [6.45, 7) is 3.99. The maximum atomic E-state index is 5.61. The summed E-state index contributed by atoms with van der Waals surface area (Å²) >= 11 is 5.61. The molecule has 60 valence electrons. The molecule has 2 heteroatoms. The molecule has 1 aromatic heterocycles. The van der Waals surface area contributed by atoms with E-state index in [1.54, 1.807) is 6.26 Å². The van der Waals surface area contributed by atoms with Crippen molar-refractivity contribution in [2.24, 2.45) is 0 Å². The van der Waals surface area contributed by atoms with E-state index in [1.807, 2.05) is 26.0 Å². The summed E-state index contributed by atoms with van der Waals surface area (Å²) in [6, 6.07) is 1.94. The highest BCUT2D eigenvalue weighted by atomic mass is 35.5. The Morgan fingerprint density at radius 3 is 2.91 bits per heavy atom. The van der Waals surface area contributed by atoms with Gasteiger partial charge in [-0.3, -0.25) is 0 Å². The molecule has 11 heavy (non-hydrogen) atoms. The number of alkyl halides is 1. The van der Waals surface area contributed by atoms with Gasteiger partial charge in [0.1, 0.15) is 5.76 Å². The van der Waals surface area contributed by atoms with Gasteiger partial charge in [-0.1, -0.05) is 5.57 Å². The van der Waals surface area contributed by atoms with Crippen molar-refractivity contribution >= 4 is 17.7 Å². The van der Waals surface area contributed by atoms with Gasteiger partial charge in [0.15, 0.2) is 0 Å². The topological polar surface area (TPSA) is 13.1 Å². The van der Waals surface area contributed by atoms with Gasteiger partial charge in [-0.15, -0.1) is 11.6 Å². The van der Waals surface area contributed by atoms with E-state index in [4.69, 9.17) is 16.0 Å². The minimum atomic E-state index is 0.556. The average molecular weight is 171 g/mol. The third kappa shape index (κ3) is 2.12. The molecule has 0 saturated heterocycles. The quantitative estimate of drug-likeness (QED) is 0.622. The summed E-state index contributed by atoms with van der Waals surface area (Å²) in [7, 11) is 0. The number of rotatable bonds is 2. The molecule has 0 aliphatic heterocycles. The van der Waals surface area contributed by atoms with E-state index in [0.29, 0.717) is 5.88 Å². The van der Waals surface area contributed by atoms with Crippen LogP contribution in [0.25, 0.3) is 6.08 Å². The molecule has 1 nitrogen and oxygen atoms in total. The molecule has 0 amide bonds. The summed E-state index contributed by atoms with van der Waals surface area (Å²) in [5.74, 6) is 1.46. The van der Waals surface area contributed by atoms with Crippen molar-refractivity contribution in [3.8, 4) is 0 Å². The van der Waals surface area contributed by atoms with Crippen LogP contribution in [0.15, 0.2) is 22.3 Å². The maximum absolute atomic E-state index is 5.61. The Hall–Kier alpha value is -0.690. The molecule has 0 aliphatic rings. The molecule has 0 aliphatic carbocycles. The number of halogens is 1. The highest BCUT2D eigenvalue weighted by Gasteiger charge is 1.97. The van der Waals surface area contributed by atoms with Crippen molar-refractivity contribution in [2.75, 3.05) is 5.88 Å². The zero-order valence-corrected chi connectivity index (χ0v) is 7.48. The van der Waals surface area contributed by atoms with Crippen molar-refractivity contribution in [1.82, 2.24) is 0 Å². The Labute approximate surface area is 71.7 Å². The van der Waals surface area contributed by atoms with Gasteiger partial charge in [0.2, 0.25) is 0 Å². The molecular weight excluding hydrogens is 160 g/mol. The lowest BCUT2D eigenvalue weighted by Crippen LogP contribution is -1.77. The van der Waals surface area contributed by atoms with Crippen LogP contribution < -0.4 is 0 Å². The third-order valence-corrected chi connectivity index (χ3v) is 1.91. The molecule has 0 radical (unpaired) electrons. The molecular formula is C9H11ClO. The average Bonchev–Trinajstić information content (AvgIpc) is 2.37. The fourth-order valence-corrected chi connectivity index (χ4v) is 0.872. The standard InChI is InChI=1S/C9H11ClO/c1-7(6-10)5-9-8(2)3-4-11-9/h3-5H,6H2,1-2H3/b7-5-. The van der Waals surface area contributed by atoms with Crippen LogP contribution in [0.4, 0.5) is 0 Å². The van der Waals surface area contributed by atoms with Crippen LogP contribution >= 0.6 is 11.6 Å². The fraction of sp³-hybridized carbons (Fsp3) is 0.333. The van der Waals surface area contributed by atoms with Gasteiger partial charge < -0.3 is 4.42 Å². The van der Waals surface area contributed by atoms with E-state index in [-0.39, 0.29) is 0 Å². The predicted octanol–water partition coefficient (Wildman–Crippen LogP) is 3.23. The minimum Gasteiger partial charge on any atom is -0.465 e. The van der Waals surface area contributed by atoms with Gasteiger partial charge >= 0.3 is 0 Å². The SMILES string of the molecule is C/C(=C/c1occc1C)CCl. The summed E-state index contributed by atoms with van der Waals surface area (Å²) in [5, 5.41) is 0. The number of furan rings is 1. The first-order chi connectivity index (χ1) is 5.24. The van der Waals surface area contributed by atoms with Crippen LogP contribution in [0.5, 0.6) is 0 Å². The second kappa shape index (κ2) is 3.63. The van der Waals surface area contributed by atoms with Crippen LogP contribution in [0.2, 0.25) is 0 Å². The first-order valence-corrected chi connectivity index (χ1v) is 4.04. The zero-order valence-electron chi connectivity index (χ0n) is 6.73. The summed E-state index contributed by atoms with van der Waals surface area (Å²) < 4.78 is 5.20. The Morgan fingerprint density at radius 1 is 1.73 bits per heavy atom. The van der Waals surface area contributed by atoms with Gasteiger partial charge in [-0.05, 0) is 31.6 Å². The number of hydrogen-bond acceptors (Lipinski definition) is 1. The van der Waals surface area contributed by atoms with Gasteiger partial charge in [-0.25, -0.2) is 0 Å². The second-order valence-electron chi connectivity index (χ2n) is 2.59. The van der Waals surface area contributed by atoms with Crippen molar-refractivity contribution in [3.63, 3.8) is 0 Å². The van der Waals surface area contributed by atoms with Crippen molar-refractivity contribution < 1.29 is 4.42 Å². The predicted molar refractivity (Wildman–Crippen MR) is 47.8 cm³/mol. The van der Waals surface area contributed by atoms with Gasteiger partial charge in [0, 0.05) is 5.88 Å². The van der Waals surface area contributed by atoms with E-state index in [1.165, 1.54) is 0 Å². The van der Waals surface area contributed by atoms with Gasteiger partial charge in [-0.2, -0.15) is 0 Å². The highest BCUT2D eigenvalue weighted by Crippen LogP contribution is 2.13. The molecule has 0 fully saturated rings. The molecule has 1 aromatic rings. The molecule has 0 bridgehead atoms. The van der Waals surface area contributed by atoms with Crippen LogP contribution in [0, 0.1) is 6.92 Å². The Bertz CT molecular complexity index is 260. The maximum Gasteiger partial charge on any atom is 0.129 e. The van der Waals surface area contributed by atoms with E-state index in [9.17, 15) is 0 Å². The van der Waals surface area contributed by atoms with Crippen molar-refractivity contribution in [3.05, 3.63) is 29.2 Å². The Kier molecular flexibility index (Phi) is 2.77. The highest BCUT2D eigenvalue weighted by molar-refractivity contribution is 6.19. The third-order valence-electron chi connectivity index (χ3n) is 1.49. The molecule has 0 atom stereocenters. The van der Waals surface area contributed by atoms with Crippen LogP contribution in [0.1, 0.15) is 18.2 Å². The lowest BCUT2D eigenvalue weighted by molar-refractivity contribution is 0.554. The molecule has 1 rings (SSSR count). The fourth-order valence-electron chi connectivity index (χ4n) is 0.795. The second-order valence-corrected chi connectivity index (χ2v) is 2.86. The Balaban J connectivity index is 2.86. The number of allylic oxidation sites excluding steroid dienone is 1. The smallest absolute Gasteiger partial charge is 0.129 e. The summed E-state index contributed by atoms with van der Waals surface area (Å²) in [5.41, 5.74) is 2.26. The minimum absolute atomic E-state index is 0.556. The normalized spacial score (nSPS) is 12.1. The molecule has 0 unspecified atom stereocenters. The van der Waals surface area contributed by atoms with E-state index in [0.717, 1.165) is 16.9 Å². The molecule has 0 aromatic carbocycles. The van der Waals surface area contributed by atoms with Crippen molar-refractivity contribution in [1.29, 1.82) is 0 Å². The van der Waals surface area contributed by atoms with Gasteiger partial charge in [0.05, 0.1) is 6.26 Å². The van der Waals surface area contributed by atoms with Crippen LogP contribution in [0.3, 0.4) is 0 Å². The van der Waals surface area contributed by atoms with Crippen LogP contribution in [-0.4, -0.2) is 5.88 Å². The van der Waals surface area contributed by atoms with Gasteiger partial charge in [0.25, 0.3) is 0 Å². The Morgan fingerprint density at radius 2 is 2.45 bits per heavy atom. The lowest BCUT2D eigenvalue weighted by Gasteiger charge is -1.92. The summed E-state index contributed by atoms with van der Waals surface area (Å²) in [4.78, 5) is 0. The summed E-state index contributed by atoms with van der Waals surface area (Å²) in [6.07, 6.45) is 3.64. The lowest BCUT2D eigenvalue weighted by atomic mass is 10.2. The van der Waals surface area contributed by atoms with E-state index in [2.05, 4.69) is 0 Å². The first kappa shape index (κ1) is 8.41. The largest absolute Gasteiger partial charge is 0.465 e. The van der Waals surface area contributed by atoms with E-state index >= 15 is 0 Å². The molecule has 0 spiro atoms. The molecule has 0 N–H and O–H groups in total. The van der Waals surface area contributed by atoms with E-state index < -0.39 is 0 Å². The van der Waals surface area contributed by atoms with Crippen LogP contribution in [-0.2, 0) is 0 Å². The molecule has 1 heterocycles. The number of hydrogen-bond donors (Lipinski definition) is 0. The monoisotopic (exact) mass is 170 g/mol. The first-order valence-electron chi connectivity index (χ1n) is 3.51. The van der Waals surface area contributed by atoms with Crippen molar-refractivity contribution in [2.45, 2.75) is 13.8 Å².